The van der Waals surface area contributed by atoms with E-state index in [1.54, 1.807) is 0 Å². The molecule has 0 saturated heterocycles. The minimum atomic E-state index is -1.32. The van der Waals surface area contributed by atoms with Crippen molar-refractivity contribution in [3.8, 4) is 0 Å². The largest absolute Gasteiger partial charge is 0.379 e. The zero-order chi connectivity index (χ0) is 12.3. The van der Waals surface area contributed by atoms with Crippen molar-refractivity contribution in [1.29, 1.82) is 0 Å². The Bertz CT molecular complexity index is 402. The molecular formula is C12H16INO2. The minimum absolute atomic E-state index is 0.363. The topological polar surface area (TPSA) is 49.3 Å². The fourth-order valence-corrected chi connectivity index (χ4v) is 1.49. The first-order valence-electron chi connectivity index (χ1n) is 5.04. The number of aliphatic hydroxyl groups is 1. The summed E-state index contributed by atoms with van der Waals surface area (Å²) in [4.78, 5) is 11.7. The van der Waals surface area contributed by atoms with Crippen molar-refractivity contribution >= 4 is 34.2 Å². The van der Waals surface area contributed by atoms with Gasteiger partial charge in [-0.3, -0.25) is 4.79 Å². The number of anilines is 1. The van der Waals surface area contributed by atoms with Crippen molar-refractivity contribution < 1.29 is 9.90 Å². The molecule has 0 heterocycles. The highest BCUT2D eigenvalue weighted by Crippen LogP contribution is 2.17. The second-order valence-corrected chi connectivity index (χ2v) is 4.92. The van der Waals surface area contributed by atoms with Crippen molar-refractivity contribution in [2.75, 3.05) is 9.74 Å². The third-order valence-electron chi connectivity index (χ3n) is 2.51. The Morgan fingerprint density at radius 2 is 2.06 bits per heavy atom. The molecule has 1 aromatic rings. The molecule has 4 heteroatoms. The molecule has 1 aromatic carbocycles. The second-order valence-electron chi connectivity index (χ2n) is 4.16. The first-order chi connectivity index (χ1) is 7.36. The highest BCUT2D eigenvalue weighted by molar-refractivity contribution is 14.1. The summed E-state index contributed by atoms with van der Waals surface area (Å²) in [5, 5.41) is 12.5. The lowest BCUT2D eigenvalue weighted by Gasteiger charge is -2.19. The molecule has 0 fully saturated rings. The Kier molecular flexibility index (Phi) is 4.32. The Morgan fingerprint density at radius 1 is 1.44 bits per heavy atom. The van der Waals surface area contributed by atoms with Gasteiger partial charge in [0.15, 0.2) is 0 Å². The summed E-state index contributed by atoms with van der Waals surface area (Å²) in [7, 11) is 0. The molecule has 0 bridgehead atoms. The van der Waals surface area contributed by atoms with E-state index in [1.807, 2.05) is 54.6 Å². The first-order valence-corrected chi connectivity index (χ1v) is 6.56. The van der Waals surface area contributed by atoms with Crippen LogP contribution in [-0.4, -0.2) is 21.0 Å². The van der Waals surface area contributed by atoms with E-state index in [2.05, 4.69) is 5.32 Å². The highest BCUT2D eigenvalue weighted by Gasteiger charge is 2.28. The standard InChI is InChI=1S/C12H16INO2/c1-8-4-5-10(6-9(8)2)14-11(15)12(3,16)7-13/h4-6,16H,7H2,1-3H3,(H,14,15)/t12-/m0/s1. The Labute approximate surface area is 109 Å². The number of hydrogen-bond donors (Lipinski definition) is 2. The Balaban J connectivity index is 2.82. The van der Waals surface area contributed by atoms with Gasteiger partial charge >= 0.3 is 0 Å². The number of rotatable bonds is 3. The molecule has 1 atom stereocenters. The van der Waals surface area contributed by atoms with Gasteiger partial charge in [0.2, 0.25) is 0 Å². The van der Waals surface area contributed by atoms with Gasteiger partial charge < -0.3 is 10.4 Å². The molecule has 0 spiro atoms. The van der Waals surface area contributed by atoms with Crippen LogP contribution in [0.15, 0.2) is 18.2 Å². The summed E-state index contributed by atoms with van der Waals surface area (Å²) >= 11 is 1.99. The number of carbonyl (C=O) groups excluding carboxylic acids is 1. The van der Waals surface area contributed by atoms with Gasteiger partial charge in [0.1, 0.15) is 5.60 Å². The van der Waals surface area contributed by atoms with Gasteiger partial charge in [-0.2, -0.15) is 0 Å². The summed E-state index contributed by atoms with van der Waals surface area (Å²) in [6.45, 7) is 5.51. The lowest BCUT2D eigenvalue weighted by atomic mass is 10.1. The number of aryl methyl sites for hydroxylation is 2. The van der Waals surface area contributed by atoms with Crippen LogP contribution in [0.25, 0.3) is 0 Å². The van der Waals surface area contributed by atoms with E-state index in [-0.39, 0.29) is 5.91 Å². The van der Waals surface area contributed by atoms with Gasteiger partial charge in [-0.15, -0.1) is 0 Å². The molecule has 16 heavy (non-hydrogen) atoms. The van der Waals surface area contributed by atoms with Crippen molar-refractivity contribution in [3.05, 3.63) is 29.3 Å². The van der Waals surface area contributed by atoms with E-state index < -0.39 is 5.60 Å². The van der Waals surface area contributed by atoms with Crippen molar-refractivity contribution in [2.45, 2.75) is 26.4 Å². The maximum atomic E-state index is 11.7. The quantitative estimate of drug-likeness (QED) is 0.659. The van der Waals surface area contributed by atoms with Crippen molar-refractivity contribution in [2.24, 2.45) is 0 Å². The third kappa shape index (κ3) is 3.18. The van der Waals surface area contributed by atoms with E-state index in [0.29, 0.717) is 4.43 Å². The number of hydrogen-bond acceptors (Lipinski definition) is 2. The minimum Gasteiger partial charge on any atom is -0.379 e. The number of amides is 1. The summed E-state index contributed by atoms with van der Waals surface area (Å²) < 4.78 is 0.363. The summed E-state index contributed by atoms with van der Waals surface area (Å²) in [6.07, 6.45) is 0. The maximum absolute atomic E-state index is 11.7. The Hall–Kier alpha value is -0.620. The number of halogens is 1. The highest BCUT2D eigenvalue weighted by atomic mass is 127. The number of alkyl halides is 1. The van der Waals surface area contributed by atoms with Crippen LogP contribution in [0.3, 0.4) is 0 Å². The van der Waals surface area contributed by atoms with Gasteiger partial charge in [0.25, 0.3) is 5.91 Å². The second kappa shape index (κ2) is 5.14. The van der Waals surface area contributed by atoms with Crippen LogP contribution in [0, 0.1) is 13.8 Å². The molecule has 0 aliphatic heterocycles. The van der Waals surface area contributed by atoms with Gasteiger partial charge in [0, 0.05) is 10.1 Å². The lowest BCUT2D eigenvalue weighted by Crippen LogP contribution is -2.41. The van der Waals surface area contributed by atoms with E-state index in [0.717, 1.165) is 11.3 Å². The average molecular weight is 333 g/mol. The predicted octanol–water partition coefficient (Wildman–Crippen LogP) is 2.43. The molecule has 1 amide bonds. The molecule has 0 aromatic heterocycles. The van der Waals surface area contributed by atoms with Gasteiger partial charge in [-0.25, -0.2) is 0 Å². The van der Waals surface area contributed by atoms with Crippen LogP contribution in [0.5, 0.6) is 0 Å². The zero-order valence-corrected chi connectivity index (χ0v) is 11.8. The fraction of sp³-hybridized carbons (Fsp3) is 0.417. The molecule has 0 aliphatic rings. The molecule has 0 unspecified atom stereocenters. The average Bonchev–Trinajstić information content (AvgIpc) is 2.23. The van der Waals surface area contributed by atoms with Gasteiger partial charge in [-0.05, 0) is 44.0 Å². The smallest absolute Gasteiger partial charge is 0.256 e. The summed E-state index contributed by atoms with van der Waals surface area (Å²) in [5.74, 6) is -0.370. The summed E-state index contributed by atoms with van der Waals surface area (Å²) in [6, 6.07) is 5.68. The molecule has 0 aliphatic carbocycles. The van der Waals surface area contributed by atoms with Crippen LogP contribution in [0.4, 0.5) is 5.69 Å². The van der Waals surface area contributed by atoms with Gasteiger partial charge in [0.05, 0.1) is 0 Å². The van der Waals surface area contributed by atoms with Crippen molar-refractivity contribution in [1.82, 2.24) is 0 Å². The van der Waals surface area contributed by atoms with E-state index in [1.165, 1.54) is 12.5 Å². The summed E-state index contributed by atoms with van der Waals surface area (Å²) in [5.41, 5.74) is 1.70. The fourth-order valence-electron chi connectivity index (χ4n) is 1.15. The first kappa shape index (κ1) is 13.4. The molecule has 88 valence electrons. The van der Waals surface area contributed by atoms with Crippen molar-refractivity contribution in [3.63, 3.8) is 0 Å². The van der Waals surface area contributed by atoms with Crippen LogP contribution < -0.4 is 5.32 Å². The lowest BCUT2D eigenvalue weighted by molar-refractivity contribution is -0.130. The molecule has 2 N–H and O–H groups in total. The van der Waals surface area contributed by atoms with Crippen LogP contribution in [0.1, 0.15) is 18.1 Å². The third-order valence-corrected chi connectivity index (χ3v) is 4.00. The normalized spacial score (nSPS) is 14.3. The van der Waals surface area contributed by atoms with E-state index in [4.69, 9.17) is 0 Å². The number of carbonyl (C=O) groups is 1. The molecule has 1 rings (SSSR count). The van der Waals surface area contributed by atoms with E-state index >= 15 is 0 Å². The molecule has 3 nitrogen and oxygen atoms in total. The molecule has 0 radical (unpaired) electrons. The maximum Gasteiger partial charge on any atom is 0.256 e. The predicted molar refractivity (Wildman–Crippen MR) is 74.1 cm³/mol. The molecule has 0 saturated carbocycles. The monoisotopic (exact) mass is 333 g/mol. The number of nitrogens with one attached hydrogen (secondary N) is 1. The SMILES string of the molecule is Cc1ccc(NC(=O)[C@@](C)(O)CI)cc1C. The number of benzene rings is 1. The van der Waals surface area contributed by atoms with E-state index in [9.17, 15) is 9.90 Å². The Morgan fingerprint density at radius 3 is 2.56 bits per heavy atom. The molecular weight excluding hydrogens is 317 g/mol. The van der Waals surface area contributed by atoms with Gasteiger partial charge in [-0.1, -0.05) is 28.7 Å². The van der Waals surface area contributed by atoms with Crippen LogP contribution in [0.2, 0.25) is 0 Å². The van der Waals surface area contributed by atoms with Crippen LogP contribution in [-0.2, 0) is 4.79 Å². The zero-order valence-electron chi connectivity index (χ0n) is 9.67. The van der Waals surface area contributed by atoms with Crippen LogP contribution >= 0.6 is 22.6 Å².